The van der Waals surface area contributed by atoms with Crippen molar-refractivity contribution in [2.45, 2.75) is 66.5 Å². The van der Waals surface area contributed by atoms with E-state index < -0.39 is 5.82 Å². The molecule has 1 spiro atoms. The van der Waals surface area contributed by atoms with E-state index in [0.717, 1.165) is 52.1 Å². The lowest BCUT2D eigenvalue weighted by Gasteiger charge is -2.53. The fraction of sp³-hybridized carbons (Fsp3) is 0.655. The van der Waals surface area contributed by atoms with Gasteiger partial charge < -0.3 is 19.9 Å². The van der Waals surface area contributed by atoms with E-state index in [0.29, 0.717) is 24.3 Å². The van der Waals surface area contributed by atoms with E-state index in [4.69, 9.17) is 4.74 Å². The fourth-order valence-electron chi connectivity index (χ4n) is 6.09. The molecule has 1 aromatic heterocycles. The summed E-state index contributed by atoms with van der Waals surface area (Å²) in [6, 6.07) is 4.53. The molecule has 2 aromatic rings. The minimum absolute atomic E-state index is 0.0339. The molecule has 9 nitrogen and oxygen atoms in total. The zero-order valence-electron chi connectivity index (χ0n) is 24.3. The van der Waals surface area contributed by atoms with E-state index in [1.54, 1.807) is 4.90 Å². The van der Waals surface area contributed by atoms with Crippen LogP contribution in [0.2, 0.25) is 0 Å². The van der Waals surface area contributed by atoms with Crippen LogP contribution >= 0.6 is 0 Å². The molecule has 2 fully saturated rings. The number of rotatable bonds is 12. The van der Waals surface area contributed by atoms with Gasteiger partial charge in [-0.05, 0) is 70.8 Å². The molecule has 0 radical (unpaired) electrons. The average molecular weight is 542 g/mol. The maximum atomic E-state index is 14.2. The molecule has 3 heterocycles. The summed E-state index contributed by atoms with van der Waals surface area (Å²) in [6.45, 7) is 19.0. The first-order valence-corrected chi connectivity index (χ1v) is 14.3. The molecule has 1 amide bonds. The molecule has 4 rings (SSSR count). The third-order valence-electron chi connectivity index (χ3n) is 8.10. The van der Waals surface area contributed by atoms with Gasteiger partial charge in [0.05, 0.1) is 5.56 Å². The highest BCUT2D eigenvalue weighted by Gasteiger charge is 2.50. The Morgan fingerprint density at radius 2 is 1.97 bits per heavy atom. The fourth-order valence-corrected chi connectivity index (χ4v) is 6.09. The van der Waals surface area contributed by atoms with E-state index >= 15 is 0 Å². The Hall–Kier alpha value is -2.85. The normalized spacial score (nSPS) is 17.6. The van der Waals surface area contributed by atoms with Crippen LogP contribution in [0.1, 0.15) is 64.7 Å². The van der Waals surface area contributed by atoms with Gasteiger partial charge in [0.1, 0.15) is 17.9 Å². The van der Waals surface area contributed by atoms with Gasteiger partial charge in [-0.3, -0.25) is 9.69 Å². The number of benzene rings is 1. The topological polar surface area (TPSA) is 86.7 Å². The minimum atomic E-state index is -0.496. The summed E-state index contributed by atoms with van der Waals surface area (Å²) in [7, 11) is 0. The first-order valence-electron chi connectivity index (χ1n) is 14.3. The Morgan fingerprint density at radius 3 is 2.64 bits per heavy atom. The molecule has 0 unspecified atom stereocenters. The van der Waals surface area contributed by atoms with Crippen LogP contribution in [0.3, 0.4) is 0 Å². The Bertz CT molecular complexity index is 1120. The standard InChI is InChI=1S/C29H44FN7O2/c1-7-31-13-11-24(20(3)4)36-17-29(18-36)12-14-35(16-29)26-27(34-33-19-32-26)39-25-10-9-22(30)15-23(25)28(38)37(8-2)21(5)6/h9-10,15,19-21,24,31H,7-8,11-14,16-18H2,1-6H3/t24-/m1/s1. The maximum Gasteiger partial charge on any atom is 0.282 e. The number of hydrogen-bond donors (Lipinski definition) is 1. The summed E-state index contributed by atoms with van der Waals surface area (Å²) in [6.07, 6.45) is 3.65. The molecule has 10 heteroatoms. The number of ether oxygens (including phenoxy) is 1. The van der Waals surface area contributed by atoms with Crippen LogP contribution in [0, 0.1) is 17.2 Å². The summed E-state index contributed by atoms with van der Waals surface area (Å²) in [5, 5.41) is 11.6. The van der Waals surface area contributed by atoms with E-state index in [1.165, 1.54) is 24.5 Å². The van der Waals surface area contributed by atoms with Crippen molar-refractivity contribution < 1.29 is 13.9 Å². The van der Waals surface area contributed by atoms with Gasteiger partial charge in [-0.15, -0.1) is 10.2 Å². The molecular formula is C29H44FN7O2. The predicted molar refractivity (Wildman–Crippen MR) is 151 cm³/mol. The molecule has 2 saturated heterocycles. The molecule has 214 valence electrons. The Balaban J connectivity index is 1.49. The lowest BCUT2D eigenvalue weighted by atomic mass is 9.76. The smallest absolute Gasteiger partial charge is 0.282 e. The zero-order chi connectivity index (χ0) is 28.2. The summed E-state index contributed by atoms with van der Waals surface area (Å²) in [4.78, 5) is 24.3. The second kappa shape index (κ2) is 12.6. The van der Waals surface area contributed by atoms with Gasteiger partial charge in [-0.25, -0.2) is 9.37 Å². The molecule has 1 N–H and O–H groups in total. The second-order valence-corrected chi connectivity index (χ2v) is 11.5. The van der Waals surface area contributed by atoms with Crippen molar-refractivity contribution in [1.82, 2.24) is 30.3 Å². The molecule has 0 aliphatic carbocycles. The molecule has 1 aromatic carbocycles. The van der Waals surface area contributed by atoms with Gasteiger partial charge >= 0.3 is 0 Å². The van der Waals surface area contributed by atoms with Gasteiger partial charge in [0.15, 0.2) is 5.82 Å². The van der Waals surface area contributed by atoms with Crippen LogP contribution in [0.15, 0.2) is 24.5 Å². The maximum absolute atomic E-state index is 14.2. The van der Waals surface area contributed by atoms with E-state index in [9.17, 15) is 9.18 Å². The largest absolute Gasteiger partial charge is 0.434 e. The van der Waals surface area contributed by atoms with Crippen LogP contribution in [-0.4, -0.2) is 88.8 Å². The number of aromatic nitrogens is 3. The Kier molecular flexibility index (Phi) is 9.38. The van der Waals surface area contributed by atoms with E-state index in [1.807, 2.05) is 20.8 Å². The van der Waals surface area contributed by atoms with Crippen LogP contribution in [0.5, 0.6) is 11.6 Å². The molecule has 0 bridgehead atoms. The van der Waals surface area contributed by atoms with Crippen molar-refractivity contribution in [2.75, 3.05) is 50.7 Å². The lowest BCUT2D eigenvalue weighted by molar-refractivity contribution is -0.0331. The summed E-state index contributed by atoms with van der Waals surface area (Å²) < 4.78 is 20.4. The van der Waals surface area contributed by atoms with Crippen molar-refractivity contribution in [3.05, 3.63) is 35.9 Å². The third-order valence-corrected chi connectivity index (χ3v) is 8.10. The van der Waals surface area contributed by atoms with Crippen molar-refractivity contribution in [3.8, 4) is 11.6 Å². The highest BCUT2D eigenvalue weighted by atomic mass is 19.1. The van der Waals surface area contributed by atoms with E-state index in [-0.39, 0.29) is 34.6 Å². The first kappa shape index (κ1) is 29.1. The summed E-state index contributed by atoms with van der Waals surface area (Å²) in [5.74, 6) is 0.898. The number of halogens is 1. The second-order valence-electron chi connectivity index (χ2n) is 11.5. The molecule has 0 saturated carbocycles. The highest BCUT2D eigenvalue weighted by molar-refractivity contribution is 5.97. The Morgan fingerprint density at radius 1 is 1.21 bits per heavy atom. The van der Waals surface area contributed by atoms with Gasteiger partial charge in [-0.1, -0.05) is 20.8 Å². The Labute approximate surface area is 232 Å². The van der Waals surface area contributed by atoms with Gasteiger partial charge in [0, 0.05) is 50.2 Å². The van der Waals surface area contributed by atoms with Gasteiger partial charge in [-0.2, -0.15) is 0 Å². The lowest BCUT2D eigenvalue weighted by Crippen LogP contribution is -2.62. The quantitative estimate of drug-likeness (QED) is 0.400. The number of carbonyl (C=O) groups excluding carboxylic acids is 1. The van der Waals surface area contributed by atoms with Crippen molar-refractivity contribution >= 4 is 11.7 Å². The monoisotopic (exact) mass is 541 g/mol. The number of nitrogens with one attached hydrogen (secondary N) is 1. The van der Waals surface area contributed by atoms with Gasteiger partial charge in [0.25, 0.3) is 11.8 Å². The summed E-state index contributed by atoms with van der Waals surface area (Å²) in [5.41, 5.74) is 0.385. The molecular weight excluding hydrogens is 497 g/mol. The zero-order valence-corrected chi connectivity index (χ0v) is 24.3. The predicted octanol–water partition coefficient (Wildman–Crippen LogP) is 4.21. The van der Waals surface area contributed by atoms with Crippen molar-refractivity contribution in [1.29, 1.82) is 0 Å². The molecule has 2 aliphatic rings. The van der Waals surface area contributed by atoms with E-state index in [2.05, 4.69) is 51.1 Å². The SMILES string of the molecule is CCNCC[C@H](C(C)C)N1CC2(CCN(c3ncnnc3Oc3ccc(F)cc3C(=O)N(CC)C(C)C)C2)C1. The minimum Gasteiger partial charge on any atom is -0.434 e. The third kappa shape index (κ3) is 6.49. The number of likely N-dealkylation sites (tertiary alicyclic amines) is 1. The van der Waals surface area contributed by atoms with Crippen LogP contribution in [0.4, 0.5) is 10.2 Å². The van der Waals surface area contributed by atoms with Crippen LogP contribution in [-0.2, 0) is 0 Å². The number of amides is 1. The number of anilines is 1. The van der Waals surface area contributed by atoms with Crippen LogP contribution < -0.4 is 15.0 Å². The first-order chi connectivity index (χ1) is 18.7. The van der Waals surface area contributed by atoms with Gasteiger partial charge in [0.2, 0.25) is 0 Å². The van der Waals surface area contributed by atoms with Crippen LogP contribution in [0.25, 0.3) is 0 Å². The number of carbonyl (C=O) groups is 1. The highest BCUT2D eigenvalue weighted by Crippen LogP contribution is 2.44. The average Bonchev–Trinajstić information content (AvgIpc) is 3.33. The number of nitrogens with zero attached hydrogens (tertiary/aromatic N) is 6. The van der Waals surface area contributed by atoms with Crippen molar-refractivity contribution in [2.24, 2.45) is 11.3 Å². The molecule has 39 heavy (non-hydrogen) atoms. The number of hydrogen-bond acceptors (Lipinski definition) is 8. The van der Waals surface area contributed by atoms with Crippen molar-refractivity contribution in [3.63, 3.8) is 0 Å². The molecule has 2 aliphatic heterocycles. The molecule has 1 atom stereocenters. The summed E-state index contributed by atoms with van der Waals surface area (Å²) >= 11 is 0.